The second kappa shape index (κ2) is 5.19. The molecule has 0 unspecified atom stereocenters. The number of nitrogens with one attached hydrogen (secondary N) is 1. The number of hydrogen-bond donors (Lipinski definition) is 1. The molecular weight excluding hydrogens is 236 g/mol. The Bertz CT molecular complexity index is 507. The Morgan fingerprint density at radius 1 is 1.47 bits per heavy atom. The third-order valence-corrected chi connectivity index (χ3v) is 2.93. The van der Waals surface area contributed by atoms with E-state index >= 15 is 0 Å². The van der Waals surface area contributed by atoms with Crippen molar-refractivity contribution in [3.8, 4) is 0 Å². The predicted octanol–water partition coefficient (Wildman–Crippen LogP) is 2.72. The van der Waals surface area contributed by atoms with Crippen LogP contribution in [0.25, 0.3) is 0 Å². The second-order valence-electron chi connectivity index (χ2n) is 3.82. The van der Waals surface area contributed by atoms with E-state index in [1.165, 1.54) is 0 Å². The molecule has 90 valence electrons. The molecule has 0 aromatic carbocycles. The van der Waals surface area contributed by atoms with E-state index in [4.69, 9.17) is 11.6 Å². The van der Waals surface area contributed by atoms with Crippen LogP contribution in [0.5, 0.6) is 0 Å². The van der Waals surface area contributed by atoms with Gasteiger partial charge in [0.25, 0.3) is 0 Å². The Balaban J connectivity index is 2.18. The van der Waals surface area contributed by atoms with Gasteiger partial charge in [0, 0.05) is 12.7 Å². The van der Waals surface area contributed by atoms with Crippen molar-refractivity contribution < 1.29 is 0 Å². The Kier molecular flexibility index (Phi) is 3.64. The molecule has 0 bridgehead atoms. The van der Waals surface area contributed by atoms with Crippen LogP contribution in [-0.4, -0.2) is 21.3 Å². The highest BCUT2D eigenvalue weighted by Gasteiger charge is 2.05. The summed E-state index contributed by atoms with van der Waals surface area (Å²) in [6.45, 7) is 5.58. The Morgan fingerprint density at radius 2 is 2.29 bits per heavy atom. The van der Waals surface area contributed by atoms with Crippen molar-refractivity contribution in [3.63, 3.8) is 0 Å². The highest BCUT2D eigenvalue weighted by atomic mass is 35.5. The monoisotopic (exact) mass is 250 g/mol. The van der Waals surface area contributed by atoms with Gasteiger partial charge in [0.2, 0.25) is 0 Å². The molecule has 2 aromatic heterocycles. The van der Waals surface area contributed by atoms with Gasteiger partial charge in [-0.25, -0.2) is 4.98 Å². The van der Waals surface area contributed by atoms with E-state index < -0.39 is 0 Å². The second-order valence-corrected chi connectivity index (χ2v) is 4.22. The fourth-order valence-electron chi connectivity index (χ4n) is 1.61. The summed E-state index contributed by atoms with van der Waals surface area (Å²) in [5, 5.41) is 8.12. The predicted molar refractivity (Wildman–Crippen MR) is 69.5 cm³/mol. The van der Waals surface area contributed by atoms with Crippen LogP contribution in [0.4, 0.5) is 5.82 Å². The lowest BCUT2D eigenvalue weighted by molar-refractivity contribution is 0.665. The van der Waals surface area contributed by atoms with E-state index in [-0.39, 0.29) is 0 Å². The normalized spacial score (nSPS) is 10.5. The average Bonchev–Trinajstić information content (AvgIpc) is 2.62. The van der Waals surface area contributed by atoms with E-state index in [2.05, 4.69) is 15.4 Å². The van der Waals surface area contributed by atoms with Gasteiger partial charge in [-0.2, -0.15) is 5.10 Å². The van der Waals surface area contributed by atoms with Crippen LogP contribution in [-0.2, 0) is 6.54 Å². The number of rotatable bonds is 4. The van der Waals surface area contributed by atoms with E-state index in [9.17, 15) is 0 Å². The smallest absolute Gasteiger partial charge is 0.126 e. The maximum Gasteiger partial charge on any atom is 0.126 e. The molecule has 17 heavy (non-hydrogen) atoms. The molecule has 0 aliphatic rings. The summed E-state index contributed by atoms with van der Waals surface area (Å²) in [5.41, 5.74) is 2.13. The molecule has 0 fully saturated rings. The number of pyridine rings is 1. The molecule has 2 rings (SSSR count). The summed E-state index contributed by atoms with van der Waals surface area (Å²) in [6.07, 6.45) is 3.47. The first-order valence-electron chi connectivity index (χ1n) is 5.57. The SMILES string of the molecule is CCNc1cc(Cn2ncc(Cl)c2C)ccn1. The molecule has 5 heteroatoms. The first-order chi connectivity index (χ1) is 8.20. The van der Waals surface area contributed by atoms with Crippen LogP contribution in [0.2, 0.25) is 5.02 Å². The van der Waals surface area contributed by atoms with Gasteiger partial charge < -0.3 is 5.32 Å². The summed E-state index contributed by atoms with van der Waals surface area (Å²) >= 11 is 5.97. The van der Waals surface area contributed by atoms with Crippen molar-refractivity contribution in [2.75, 3.05) is 11.9 Å². The minimum Gasteiger partial charge on any atom is -0.370 e. The molecule has 0 atom stereocenters. The molecule has 2 heterocycles. The molecule has 4 nitrogen and oxygen atoms in total. The molecule has 2 aromatic rings. The summed E-state index contributed by atoms with van der Waals surface area (Å²) in [4.78, 5) is 4.23. The molecule has 0 aliphatic heterocycles. The fraction of sp³-hybridized carbons (Fsp3) is 0.333. The third kappa shape index (κ3) is 2.77. The third-order valence-electron chi connectivity index (χ3n) is 2.56. The zero-order valence-electron chi connectivity index (χ0n) is 9.94. The highest BCUT2D eigenvalue weighted by molar-refractivity contribution is 6.31. The topological polar surface area (TPSA) is 42.7 Å². The Morgan fingerprint density at radius 3 is 2.94 bits per heavy atom. The van der Waals surface area contributed by atoms with E-state index in [0.717, 1.165) is 23.6 Å². The Hall–Kier alpha value is -1.55. The van der Waals surface area contributed by atoms with Crippen LogP contribution in [0.3, 0.4) is 0 Å². The quantitative estimate of drug-likeness (QED) is 0.907. The summed E-state index contributed by atoms with van der Waals surface area (Å²) in [6, 6.07) is 4.01. The van der Waals surface area contributed by atoms with E-state index in [1.807, 2.05) is 30.7 Å². The summed E-state index contributed by atoms with van der Waals surface area (Å²) < 4.78 is 1.88. The fourth-order valence-corrected chi connectivity index (χ4v) is 1.75. The highest BCUT2D eigenvalue weighted by Crippen LogP contribution is 2.15. The average molecular weight is 251 g/mol. The number of hydrogen-bond acceptors (Lipinski definition) is 3. The van der Waals surface area contributed by atoms with Gasteiger partial charge in [-0.1, -0.05) is 11.6 Å². The molecule has 0 radical (unpaired) electrons. The van der Waals surface area contributed by atoms with Gasteiger partial charge in [-0.15, -0.1) is 0 Å². The summed E-state index contributed by atoms with van der Waals surface area (Å²) in [5.74, 6) is 0.890. The lowest BCUT2D eigenvalue weighted by Gasteiger charge is -2.07. The molecule has 0 aliphatic carbocycles. The standard InChI is InChI=1S/C12H15ClN4/c1-3-14-12-6-10(4-5-15-12)8-17-9(2)11(13)7-16-17/h4-7H,3,8H2,1-2H3,(H,14,15). The lowest BCUT2D eigenvalue weighted by Crippen LogP contribution is -2.05. The van der Waals surface area contributed by atoms with Crippen molar-refractivity contribution in [2.45, 2.75) is 20.4 Å². The number of nitrogens with zero attached hydrogens (tertiary/aromatic N) is 3. The first-order valence-corrected chi connectivity index (χ1v) is 5.95. The Labute approximate surface area is 106 Å². The molecule has 0 spiro atoms. The van der Waals surface area contributed by atoms with Gasteiger partial charge in [0.05, 0.1) is 23.5 Å². The largest absolute Gasteiger partial charge is 0.370 e. The number of anilines is 1. The van der Waals surface area contributed by atoms with Crippen molar-refractivity contribution >= 4 is 17.4 Å². The minimum absolute atomic E-state index is 0.700. The zero-order chi connectivity index (χ0) is 12.3. The maximum atomic E-state index is 5.97. The van der Waals surface area contributed by atoms with Gasteiger partial charge in [0.1, 0.15) is 5.82 Å². The van der Waals surface area contributed by atoms with Crippen LogP contribution < -0.4 is 5.32 Å². The van der Waals surface area contributed by atoms with E-state index in [1.54, 1.807) is 12.4 Å². The van der Waals surface area contributed by atoms with Gasteiger partial charge >= 0.3 is 0 Å². The lowest BCUT2D eigenvalue weighted by atomic mass is 10.2. The van der Waals surface area contributed by atoms with Crippen LogP contribution in [0, 0.1) is 6.92 Å². The van der Waals surface area contributed by atoms with E-state index in [0.29, 0.717) is 11.6 Å². The molecule has 0 saturated heterocycles. The number of aromatic nitrogens is 3. The minimum atomic E-state index is 0.700. The molecule has 0 amide bonds. The van der Waals surface area contributed by atoms with Gasteiger partial charge in [-0.05, 0) is 31.5 Å². The first kappa shape index (κ1) is 11.9. The maximum absolute atomic E-state index is 5.97. The zero-order valence-corrected chi connectivity index (χ0v) is 10.7. The van der Waals surface area contributed by atoms with Crippen molar-refractivity contribution in [1.82, 2.24) is 14.8 Å². The van der Waals surface area contributed by atoms with Crippen molar-refractivity contribution in [1.29, 1.82) is 0 Å². The summed E-state index contributed by atoms with van der Waals surface area (Å²) in [7, 11) is 0. The van der Waals surface area contributed by atoms with Crippen molar-refractivity contribution in [2.24, 2.45) is 0 Å². The van der Waals surface area contributed by atoms with Crippen LogP contribution >= 0.6 is 11.6 Å². The van der Waals surface area contributed by atoms with Gasteiger partial charge in [0.15, 0.2) is 0 Å². The molecule has 0 saturated carbocycles. The molecule has 1 N–H and O–H groups in total. The molecular formula is C12H15ClN4. The van der Waals surface area contributed by atoms with Crippen molar-refractivity contribution in [3.05, 3.63) is 40.8 Å². The van der Waals surface area contributed by atoms with Gasteiger partial charge in [-0.3, -0.25) is 4.68 Å². The number of halogens is 1. The van der Waals surface area contributed by atoms with Crippen LogP contribution in [0.15, 0.2) is 24.5 Å². The van der Waals surface area contributed by atoms with Crippen LogP contribution in [0.1, 0.15) is 18.2 Å².